The lowest BCUT2D eigenvalue weighted by molar-refractivity contribution is -0.200. The number of aliphatic hydroxyl groups excluding tert-OH is 1. The Bertz CT molecular complexity index is 786. The molecule has 2 aromatic rings. The molecule has 2 aliphatic carbocycles. The molecule has 6 heteroatoms. The van der Waals surface area contributed by atoms with Gasteiger partial charge < -0.3 is 14.7 Å². The molecule has 3 atom stereocenters. The molecule has 150 valence electrons. The van der Waals surface area contributed by atoms with E-state index in [9.17, 15) is 18.3 Å². The van der Waals surface area contributed by atoms with Gasteiger partial charge in [-0.1, -0.05) is 30.7 Å². The maximum Gasteiger partial charge on any atom is 0.416 e. The van der Waals surface area contributed by atoms with E-state index in [0.29, 0.717) is 41.5 Å². The van der Waals surface area contributed by atoms with Crippen LogP contribution >= 0.6 is 0 Å². The van der Waals surface area contributed by atoms with E-state index in [2.05, 4.69) is 0 Å². The number of rotatable bonds is 7. The SMILES string of the molecule is OC(CN(CC1C2CCCC21)c1cccc(Oc2ccccc2)c1)C(F)(F)F. The molecule has 2 saturated carbocycles. The summed E-state index contributed by atoms with van der Waals surface area (Å²) in [5, 5.41) is 9.66. The lowest BCUT2D eigenvalue weighted by Gasteiger charge is -2.29. The topological polar surface area (TPSA) is 32.7 Å². The van der Waals surface area contributed by atoms with E-state index in [1.807, 2.05) is 30.3 Å². The van der Waals surface area contributed by atoms with Gasteiger partial charge in [0.1, 0.15) is 11.5 Å². The Morgan fingerprint density at radius 1 is 1.00 bits per heavy atom. The van der Waals surface area contributed by atoms with Gasteiger partial charge in [-0.15, -0.1) is 0 Å². The summed E-state index contributed by atoms with van der Waals surface area (Å²) in [5.74, 6) is 2.92. The average Bonchev–Trinajstić information content (AvgIpc) is 3.08. The Balaban J connectivity index is 1.52. The first-order chi connectivity index (χ1) is 13.4. The van der Waals surface area contributed by atoms with Gasteiger partial charge in [0.25, 0.3) is 0 Å². The van der Waals surface area contributed by atoms with E-state index in [-0.39, 0.29) is 0 Å². The predicted molar refractivity (Wildman–Crippen MR) is 102 cm³/mol. The first-order valence-corrected chi connectivity index (χ1v) is 9.74. The molecule has 2 aromatic carbocycles. The number of ether oxygens (including phenoxy) is 1. The van der Waals surface area contributed by atoms with Crippen molar-refractivity contribution < 1.29 is 23.0 Å². The molecular formula is C22H24F3NO2. The molecule has 2 fully saturated rings. The fourth-order valence-electron chi connectivity index (χ4n) is 4.46. The van der Waals surface area contributed by atoms with Gasteiger partial charge in [0, 0.05) is 18.3 Å². The molecule has 0 heterocycles. The Labute approximate surface area is 162 Å². The van der Waals surface area contributed by atoms with E-state index >= 15 is 0 Å². The molecule has 0 radical (unpaired) electrons. The maximum absolute atomic E-state index is 13.0. The van der Waals surface area contributed by atoms with Crippen molar-refractivity contribution >= 4 is 5.69 Å². The van der Waals surface area contributed by atoms with E-state index in [4.69, 9.17) is 4.74 Å². The van der Waals surface area contributed by atoms with Gasteiger partial charge in [0.05, 0.1) is 6.54 Å². The summed E-state index contributed by atoms with van der Waals surface area (Å²) in [6.07, 6.45) is -3.44. The highest BCUT2D eigenvalue weighted by Gasteiger charge is 2.53. The number of hydrogen-bond donors (Lipinski definition) is 1. The van der Waals surface area contributed by atoms with Crippen LogP contribution < -0.4 is 9.64 Å². The van der Waals surface area contributed by atoms with Crippen molar-refractivity contribution in [2.75, 3.05) is 18.0 Å². The Hall–Kier alpha value is -2.21. The minimum absolute atomic E-state index is 0.424. The second-order valence-electron chi connectivity index (χ2n) is 7.80. The highest BCUT2D eigenvalue weighted by molar-refractivity contribution is 5.52. The molecule has 4 rings (SSSR count). The number of alkyl halides is 3. The van der Waals surface area contributed by atoms with Crippen LogP contribution in [0.15, 0.2) is 54.6 Å². The smallest absolute Gasteiger partial charge is 0.416 e. The van der Waals surface area contributed by atoms with Gasteiger partial charge in [-0.05, 0) is 54.9 Å². The third-order valence-corrected chi connectivity index (χ3v) is 5.95. The molecule has 0 amide bonds. The van der Waals surface area contributed by atoms with Crippen molar-refractivity contribution in [1.29, 1.82) is 0 Å². The van der Waals surface area contributed by atoms with Crippen molar-refractivity contribution in [3.8, 4) is 11.5 Å². The van der Waals surface area contributed by atoms with Crippen LogP contribution in [0.4, 0.5) is 18.9 Å². The Morgan fingerprint density at radius 3 is 2.36 bits per heavy atom. The van der Waals surface area contributed by atoms with Crippen LogP contribution in [-0.2, 0) is 0 Å². The molecule has 2 aliphatic rings. The maximum atomic E-state index is 13.0. The van der Waals surface area contributed by atoms with E-state index < -0.39 is 18.8 Å². The van der Waals surface area contributed by atoms with Crippen LogP contribution in [0.2, 0.25) is 0 Å². The number of anilines is 1. The van der Waals surface area contributed by atoms with E-state index in [1.165, 1.54) is 19.3 Å². The molecule has 0 aromatic heterocycles. The Morgan fingerprint density at radius 2 is 1.68 bits per heavy atom. The number of aliphatic hydroxyl groups is 1. The second-order valence-corrected chi connectivity index (χ2v) is 7.80. The van der Waals surface area contributed by atoms with Crippen LogP contribution in [0.1, 0.15) is 19.3 Å². The largest absolute Gasteiger partial charge is 0.457 e. The molecule has 3 nitrogen and oxygen atoms in total. The number of halogens is 3. The zero-order valence-corrected chi connectivity index (χ0v) is 15.5. The van der Waals surface area contributed by atoms with Crippen molar-refractivity contribution in [2.45, 2.75) is 31.5 Å². The summed E-state index contributed by atoms with van der Waals surface area (Å²) in [5.41, 5.74) is 0.640. The molecule has 0 spiro atoms. The van der Waals surface area contributed by atoms with Gasteiger partial charge in [-0.25, -0.2) is 0 Å². The van der Waals surface area contributed by atoms with Crippen molar-refractivity contribution in [3.05, 3.63) is 54.6 Å². The molecule has 1 N–H and O–H groups in total. The van der Waals surface area contributed by atoms with Crippen LogP contribution in [0.25, 0.3) is 0 Å². The summed E-state index contributed by atoms with van der Waals surface area (Å²) in [6, 6.07) is 16.3. The number of benzene rings is 2. The lowest BCUT2D eigenvalue weighted by Crippen LogP contribution is -2.42. The lowest BCUT2D eigenvalue weighted by atomic mass is 10.1. The van der Waals surface area contributed by atoms with E-state index in [0.717, 1.165) is 0 Å². The fraction of sp³-hybridized carbons (Fsp3) is 0.455. The summed E-state index contributed by atoms with van der Waals surface area (Å²) in [4.78, 5) is 1.67. The first-order valence-electron chi connectivity index (χ1n) is 9.74. The van der Waals surface area contributed by atoms with Crippen LogP contribution in [0.3, 0.4) is 0 Å². The minimum Gasteiger partial charge on any atom is -0.457 e. The number of para-hydroxylation sites is 1. The van der Waals surface area contributed by atoms with Gasteiger partial charge in [-0.2, -0.15) is 13.2 Å². The highest BCUT2D eigenvalue weighted by Crippen LogP contribution is 2.57. The predicted octanol–water partition coefficient (Wildman–Crippen LogP) is 5.25. The molecule has 0 saturated heterocycles. The van der Waals surface area contributed by atoms with Crippen molar-refractivity contribution in [1.82, 2.24) is 0 Å². The minimum atomic E-state index is -4.63. The van der Waals surface area contributed by atoms with Gasteiger partial charge >= 0.3 is 6.18 Å². The monoisotopic (exact) mass is 391 g/mol. The zero-order valence-electron chi connectivity index (χ0n) is 15.5. The van der Waals surface area contributed by atoms with Crippen molar-refractivity contribution in [3.63, 3.8) is 0 Å². The van der Waals surface area contributed by atoms with Gasteiger partial charge in [-0.3, -0.25) is 0 Å². The third-order valence-electron chi connectivity index (χ3n) is 5.95. The summed E-state index contributed by atoms with van der Waals surface area (Å²) in [7, 11) is 0. The first kappa shape index (κ1) is 19.1. The van der Waals surface area contributed by atoms with Gasteiger partial charge in [0.2, 0.25) is 0 Å². The zero-order chi connectivity index (χ0) is 19.7. The summed E-state index contributed by atoms with van der Waals surface area (Å²) >= 11 is 0. The molecule has 28 heavy (non-hydrogen) atoms. The quantitative estimate of drug-likeness (QED) is 0.699. The second kappa shape index (κ2) is 7.66. The van der Waals surface area contributed by atoms with Crippen LogP contribution in [0.5, 0.6) is 11.5 Å². The standard InChI is InChI=1S/C22H24F3NO2/c23-22(24,25)21(27)14-26(13-20-18-10-5-11-19(18)20)15-6-4-9-17(12-15)28-16-7-2-1-3-8-16/h1-4,6-9,12,18-21,27H,5,10-11,13-14H2. The number of fused-ring (bicyclic) bond motifs is 1. The summed E-state index contributed by atoms with van der Waals surface area (Å²) in [6.45, 7) is 0.0749. The number of hydrogen-bond acceptors (Lipinski definition) is 3. The molecule has 0 aliphatic heterocycles. The normalized spacial score (nSPS) is 24.5. The van der Waals surface area contributed by atoms with Crippen LogP contribution in [-0.4, -0.2) is 30.5 Å². The van der Waals surface area contributed by atoms with Gasteiger partial charge in [0.15, 0.2) is 6.10 Å². The molecule has 0 bridgehead atoms. The summed E-state index contributed by atoms with van der Waals surface area (Å²) < 4.78 is 44.7. The Kier molecular flexibility index (Phi) is 5.23. The average molecular weight is 391 g/mol. The highest BCUT2D eigenvalue weighted by atomic mass is 19.4. The van der Waals surface area contributed by atoms with E-state index in [1.54, 1.807) is 29.2 Å². The third kappa shape index (κ3) is 4.27. The molecule has 3 unspecified atom stereocenters. The number of nitrogens with zero attached hydrogens (tertiary/aromatic N) is 1. The van der Waals surface area contributed by atoms with Crippen molar-refractivity contribution in [2.24, 2.45) is 17.8 Å². The molecular weight excluding hydrogens is 367 g/mol. The fourth-order valence-corrected chi connectivity index (χ4v) is 4.46. The van der Waals surface area contributed by atoms with Crippen LogP contribution in [0, 0.1) is 17.8 Å².